The minimum Gasteiger partial charge on any atom is -0.497 e. The van der Waals surface area contributed by atoms with Gasteiger partial charge in [0.2, 0.25) is 5.78 Å². The highest BCUT2D eigenvalue weighted by Gasteiger charge is 2.24. The molecule has 0 bridgehead atoms. The van der Waals surface area contributed by atoms with Crippen molar-refractivity contribution in [3.8, 4) is 5.75 Å². The van der Waals surface area contributed by atoms with Crippen LogP contribution in [0.1, 0.15) is 34.5 Å². The standard InChI is InChI=1S/C22H21NO5/c1-13-17-12-15(23-22(25)19-4-3-11-27-19)7-10-18(17)28-21(13)20(24)14-5-8-16(26-2)9-6-14/h5-10,12,19H,3-4,11H2,1-2H3,(H,23,25). The summed E-state index contributed by atoms with van der Waals surface area (Å²) < 4.78 is 16.4. The fourth-order valence-corrected chi connectivity index (χ4v) is 3.40. The summed E-state index contributed by atoms with van der Waals surface area (Å²) in [7, 11) is 1.58. The molecule has 1 aromatic heterocycles. The van der Waals surface area contributed by atoms with E-state index in [9.17, 15) is 9.59 Å². The van der Waals surface area contributed by atoms with E-state index in [2.05, 4.69) is 5.32 Å². The Morgan fingerprint density at radius 3 is 2.61 bits per heavy atom. The maximum atomic E-state index is 12.9. The summed E-state index contributed by atoms with van der Waals surface area (Å²) in [5, 5.41) is 3.68. The average Bonchev–Trinajstić information content (AvgIpc) is 3.36. The molecule has 0 aliphatic carbocycles. The number of carbonyl (C=O) groups is 2. The van der Waals surface area contributed by atoms with Crippen molar-refractivity contribution in [3.05, 3.63) is 59.4 Å². The van der Waals surface area contributed by atoms with Crippen molar-refractivity contribution in [1.29, 1.82) is 0 Å². The summed E-state index contributed by atoms with van der Waals surface area (Å²) in [5.41, 5.74) is 2.52. The van der Waals surface area contributed by atoms with Gasteiger partial charge >= 0.3 is 0 Å². The number of hydrogen-bond donors (Lipinski definition) is 1. The molecular formula is C22H21NO5. The second-order valence-corrected chi connectivity index (χ2v) is 6.82. The maximum Gasteiger partial charge on any atom is 0.253 e. The smallest absolute Gasteiger partial charge is 0.253 e. The lowest BCUT2D eigenvalue weighted by Gasteiger charge is -2.10. The third-order valence-corrected chi connectivity index (χ3v) is 4.98. The number of carbonyl (C=O) groups excluding carboxylic acids is 2. The summed E-state index contributed by atoms with van der Waals surface area (Å²) >= 11 is 0. The minimum atomic E-state index is -0.395. The Hall–Kier alpha value is -3.12. The van der Waals surface area contributed by atoms with Gasteiger partial charge in [-0.15, -0.1) is 0 Å². The van der Waals surface area contributed by atoms with Gasteiger partial charge in [0, 0.05) is 28.8 Å². The zero-order valence-corrected chi connectivity index (χ0v) is 15.8. The second kappa shape index (κ2) is 7.48. The van der Waals surface area contributed by atoms with E-state index >= 15 is 0 Å². The van der Waals surface area contributed by atoms with E-state index in [1.54, 1.807) is 43.5 Å². The number of rotatable bonds is 5. The van der Waals surface area contributed by atoms with Gasteiger partial charge in [-0.3, -0.25) is 9.59 Å². The van der Waals surface area contributed by atoms with E-state index in [0.717, 1.165) is 23.8 Å². The van der Waals surface area contributed by atoms with Gasteiger partial charge in [0.25, 0.3) is 5.91 Å². The topological polar surface area (TPSA) is 77.8 Å². The van der Waals surface area contributed by atoms with Gasteiger partial charge in [-0.1, -0.05) is 0 Å². The Labute approximate surface area is 162 Å². The number of benzene rings is 2. The second-order valence-electron chi connectivity index (χ2n) is 6.82. The number of methoxy groups -OCH3 is 1. The Bertz CT molecular complexity index is 1030. The van der Waals surface area contributed by atoms with Crippen LogP contribution in [0.2, 0.25) is 0 Å². The number of nitrogens with one attached hydrogen (secondary N) is 1. The molecule has 1 fully saturated rings. The van der Waals surface area contributed by atoms with Gasteiger partial charge in [0.05, 0.1) is 7.11 Å². The summed E-state index contributed by atoms with van der Waals surface area (Å²) in [6.07, 6.45) is 1.24. The molecule has 1 aliphatic heterocycles. The third-order valence-electron chi connectivity index (χ3n) is 4.98. The average molecular weight is 379 g/mol. The maximum absolute atomic E-state index is 12.9. The number of hydrogen-bond acceptors (Lipinski definition) is 5. The monoisotopic (exact) mass is 379 g/mol. The SMILES string of the molecule is COc1ccc(C(=O)c2oc3ccc(NC(=O)C4CCCO4)cc3c2C)cc1. The Balaban J connectivity index is 1.60. The summed E-state index contributed by atoms with van der Waals surface area (Å²) in [5.74, 6) is 0.640. The first kappa shape index (κ1) is 18.3. The normalized spacial score (nSPS) is 16.3. The molecule has 1 saturated heterocycles. The predicted molar refractivity (Wildman–Crippen MR) is 105 cm³/mol. The quantitative estimate of drug-likeness (QED) is 0.676. The van der Waals surface area contributed by atoms with E-state index in [1.807, 2.05) is 13.0 Å². The first-order valence-electron chi connectivity index (χ1n) is 9.21. The molecule has 6 heteroatoms. The zero-order chi connectivity index (χ0) is 19.7. The van der Waals surface area contributed by atoms with Crippen LogP contribution < -0.4 is 10.1 Å². The predicted octanol–water partition coefficient (Wildman–Crippen LogP) is 4.10. The molecule has 0 spiro atoms. The van der Waals surface area contributed by atoms with E-state index in [0.29, 0.717) is 35.0 Å². The molecule has 28 heavy (non-hydrogen) atoms. The molecule has 0 saturated carbocycles. The highest BCUT2D eigenvalue weighted by Crippen LogP contribution is 2.30. The highest BCUT2D eigenvalue weighted by atomic mass is 16.5. The molecule has 1 unspecified atom stereocenters. The number of anilines is 1. The number of aryl methyl sites for hydroxylation is 1. The number of fused-ring (bicyclic) bond motifs is 1. The number of amides is 1. The summed E-state index contributed by atoms with van der Waals surface area (Å²) in [4.78, 5) is 25.1. The van der Waals surface area contributed by atoms with Crippen molar-refractivity contribution in [1.82, 2.24) is 0 Å². The van der Waals surface area contributed by atoms with Crippen LogP contribution in [-0.2, 0) is 9.53 Å². The van der Waals surface area contributed by atoms with Crippen molar-refractivity contribution in [3.63, 3.8) is 0 Å². The highest BCUT2D eigenvalue weighted by molar-refractivity contribution is 6.11. The third kappa shape index (κ3) is 3.39. The van der Waals surface area contributed by atoms with E-state index in [4.69, 9.17) is 13.9 Å². The van der Waals surface area contributed by atoms with Crippen LogP contribution in [-0.4, -0.2) is 31.5 Å². The van der Waals surface area contributed by atoms with Crippen LogP contribution in [0.15, 0.2) is 46.9 Å². The van der Waals surface area contributed by atoms with Gasteiger partial charge < -0.3 is 19.2 Å². The largest absolute Gasteiger partial charge is 0.497 e. The van der Waals surface area contributed by atoms with Crippen molar-refractivity contribution < 1.29 is 23.5 Å². The van der Waals surface area contributed by atoms with Gasteiger partial charge in [0.1, 0.15) is 17.4 Å². The molecule has 1 aliphatic rings. The molecule has 4 rings (SSSR count). The van der Waals surface area contributed by atoms with Crippen molar-refractivity contribution in [2.45, 2.75) is 25.9 Å². The van der Waals surface area contributed by atoms with Crippen LogP contribution >= 0.6 is 0 Å². The molecule has 2 heterocycles. The van der Waals surface area contributed by atoms with Gasteiger partial charge in [-0.2, -0.15) is 0 Å². The van der Waals surface area contributed by atoms with Crippen LogP contribution in [0, 0.1) is 6.92 Å². The molecule has 6 nitrogen and oxygen atoms in total. The molecular weight excluding hydrogens is 358 g/mol. The summed E-state index contributed by atoms with van der Waals surface area (Å²) in [6, 6.07) is 12.2. The van der Waals surface area contributed by atoms with Crippen LogP contribution in [0.5, 0.6) is 5.75 Å². The van der Waals surface area contributed by atoms with Crippen molar-refractivity contribution >= 4 is 28.3 Å². The number of ether oxygens (including phenoxy) is 2. The Kier molecular flexibility index (Phi) is 4.88. The van der Waals surface area contributed by atoms with Crippen LogP contribution in [0.3, 0.4) is 0 Å². The number of furan rings is 1. The molecule has 144 valence electrons. The first-order chi connectivity index (χ1) is 13.6. The molecule has 2 aromatic carbocycles. The van der Waals surface area contributed by atoms with Crippen molar-refractivity contribution in [2.24, 2.45) is 0 Å². The molecule has 1 amide bonds. The molecule has 0 radical (unpaired) electrons. The van der Waals surface area contributed by atoms with E-state index < -0.39 is 6.10 Å². The first-order valence-corrected chi connectivity index (χ1v) is 9.21. The Morgan fingerprint density at radius 2 is 1.93 bits per heavy atom. The molecule has 1 N–H and O–H groups in total. The van der Waals surface area contributed by atoms with E-state index in [1.165, 1.54) is 0 Å². The fraction of sp³-hybridized carbons (Fsp3) is 0.273. The molecule has 1 atom stereocenters. The molecule has 3 aromatic rings. The van der Waals surface area contributed by atoms with E-state index in [-0.39, 0.29) is 11.7 Å². The lowest BCUT2D eigenvalue weighted by molar-refractivity contribution is -0.124. The van der Waals surface area contributed by atoms with Crippen LogP contribution in [0.4, 0.5) is 5.69 Å². The zero-order valence-electron chi connectivity index (χ0n) is 15.8. The lowest BCUT2D eigenvalue weighted by Crippen LogP contribution is -2.26. The van der Waals surface area contributed by atoms with Crippen LogP contribution in [0.25, 0.3) is 11.0 Å². The van der Waals surface area contributed by atoms with Gasteiger partial charge in [0.15, 0.2) is 5.76 Å². The van der Waals surface area contributed by atoms with Crippen molar-refractivity contribution in [2.75, 3.05) is 19.0 Å². The minimum absolute atomic E-state index is 0.146. The van der Waals surface area contributed by atoms with Gasteiger partial charge in [-0.05, 0) is 62.2 Å². The van der Waals surface area contributed by atoms with Gasteiger partial charge in [-0.25, -0.2) is 0 Å². The fourth-order valence-electron chi connectivity index (χ4n) is 3.40. The number of ketones is 1. The lowest BCUT2D eigenvalue weighted by atomic mass is 10.0. The summed E-state index contributed by atoms with van der Waals surface area (Å²) in [6.45, 7) is 2.46. The Morgan fingerprint density at radius 1 is 1.14 bits per heavy atom.